The Morgan fingerprint density at radius 2 is 2.38 bits per heavy atom. The van der Waals surface area contributed by atoms with Gasteiger partial charge in [0.15, 0.2) is 0 Å². The summed E-state index contributed by atoms with van der Waals surface area (Å²) in [7, 11) is 0. The first-order chi connectivity index (χ1) is 6.07. The van der Waals surface area contributed by atoms with Crippen molar-refractivity contribution in [3.05, 3.63) is 16.1 Å². The van der Waals surface area contributed by atoms with Gasteiger partial charge in [-0.05, 0) is 20.8 Å². The van der Waals surface area contributed by atoms with E-state index < -0.39 is 0 Å². The first-order valence-electron chi connectivity index (χ1n) is 4.38. The third-order valence-electron chi connectivity index (χ3n) is 1.99. The molecule has 1 aromatic heterocycles. The van der Waals surface area contributed by atoms with Crippen LogP contribution in [0.2, 0.25) is 0 Å². The second kappa shape index (κ2) is 3.26. The van der Waals surface area contributed by atoms with Crippen LogP contribution < -0.4 is 5.32 Å². The highest BCUT2D eigenvalue weighted by molar-refractivity contribution is 7.99. The number of rotatable bonds is 1. The van der Waals surface area contributed by atoms with E-state index in [4.69, 9.17) is 0 Å². The van der Waals surface area contributed by atoms with Crippen molar-refractivity contribution in [2.24, 2.45) is 0 Å². The van der Waals surface area contributed by atoms with E-state index in [2.05, 4.69) is 29.5 Å². The summed E-state index contributed by atoms with van der Waals surface area (Å²) in [6, 6.07) is 0. The molecule has 0 aromatic carbocycles. The van der Waals surface area contributed by atoms with E-state index >= 15 is 0 Å². The third-order valence-corrected chi connectivity index (χ3v) is 4.73. The Bertz CT molecular complexity index is 306. The van der Waals surface area contributed by atoms with Crippen molar-refractivity contribution < 1.29 is 0 Å². The molecule has 2 heterocycles. The molecule has 1 aliphatic rings. The largest absolute Gasteiger partial charge is 0.294 e. The summed E-state index contributed by atoms with van der Waals surface area (Å²) in [5, 5.41) is 7.31. The van der Waals surface area contributed by atoms with Crippen LogP contribution in [-0.4, -0.2) is 16.3 Å². The highest BCUT2D eigenvalue weighted by Gasteiger charge is 2.32. The molecule has 1 unspecified atom stereocenters. The summed E-state index contributed by atoms with van der Waals surface area (Å²) in [5.41, 5.74) is 1.39. The van der Waals surface area contributed by atoms with Crippen molar-refractivity contribution in [3.63, 3.8) is 0 Å². The minimum absolute atomic E-state index is 0.259. The van der Waals surface area contributed by atoms with E-state index in [0.29, 0.717) is 5.37 Å². The van der Waals surface area contributed by atoms with Crippen molar-refractivity contribution in [3.8, 4) is 0 Å². The van der Waals surface area contributed by atoms with Crippen LogP contribution in [0.4, 0.5) is 0 Å². The summed E-state index contributed by atoms with van der Waals surface area (Å²) in [5.74, 6) is 1.16. The Balaban J connectivity index is 2.12. The number of nitrogens with one attached hydrogen (secondary N) is 1. The highest BCUT2D eigenvalue weighted by Crippen LogP contribution is 2.38. The van der Waals surface area contributed by atoms with Crippen LogP contribution in [0.15, 0.2) is 5.38 Å². The van der Waals surface area contributed by atoms with E-state index in [1.807, 2.05) is 18.7 Å². The van der Waals surface area contributed by atoms with Gasteiger partial charge in [0.1, 0.15) is 10.4 Å². The molecule has 0 radical (unpaired) electrons. The third kappa shape index (κ3) is 2.06. The number of thioether (sulfide) groups is 1. The number of hydrogen-bond acceptors (Lipinski definition) is 4. The molecule has 1 aromatic rings. The summed E-state index contributed by atoms with van der Waals surface area (Å²) < 4.78 is 0. The standard InChI is InChI=1S/C9H14N2S2/c1-6-4-12-7(10-6)8-11-9(2,3)5-13-8/h4,8,11H,5H2,1-3H3. The van der Waals surface area contributed by atoms with Crippen LogP contribution in [0.25, 0.3) is 0 Å². The zero-order valence-electron chi connectivity index (χ0n) is 8.13. The molecule has 2 rings (SSSR count). The molecule has 72 valence electrons. The van der Waals surface area contributed by atoms with Gasteiger partial charge in [-0.3, -0.25) is 5.32 Å². The molecule has 0 saturated carbocycles. The lowest BCUT2D eigenvalue weighted by molar-refractivity contribution is 0.451. The fraction of sp³-hybridized carbons (Fsp3) is 0.667. The predicted octanol–water partition coefficient (Wildman–Crippen LogP) is 2.57. The van der Waals surface area contributed by atoms with Gasteiger partial charge in [-0.2, -0.15) is 0 Å². The zero-order chi connectivity index (χ0) is 9.47. The van der Waals surface area contributed by atoms with E-state index in [1.54, 1.807) is 11.3 Å². The Kier molecular flexibility index (Phi) is 2.38. The molecule has 1 saturated heterocycles. The molecule has 0 bridgehead atoms. The van der Waals surface area contributed by atoms with Crippen LogP contribution in [0.3, 0.4) is 0 Å². The lowest BCUT2D eigenvalue weighted by Crippen LogP contribution is -2.35. The van der Waals surface area contributed by atoms with Gasteiger partial charge in [0.25, 0.3) is 0 Å². The van der Waals surface area contributed by atoms with E-state index in [1.165, 1.54) is 5.01 Å². The van der Waals surface area contributed by atoms with E-state index in [0.717, 1.165) is 11.4 Å². The normalized spacial score (nSPS) is 26.5. The fourth-order valence-corrected chi connectivity index (χ4v) is 3.71. The summed E-state index contributed by atoms with van der Waals surface area (Å²) >= 11 is 3.71. The lowest BCUT2D eigenvalue weighted by Gasteiger charge is -2.17. The SMILES string of the molecule is Cc1csc(C2NC(C)(C)CS2)n1. The van der Waals surface area contributed by atoms with Gasteiger partial charge in [0, 0.05) is 22.4 Å². The number of nitrogens with zero attached hydrogens (tertiary/aromatic N) is 1. The highest BCUT2D eigenvalue weighted by atomic mass is 32.2. The molecule has 0 amide bonds. The van der Waals surface area contributed by atoms with Crippen LogP contribution in [0.1, 0.15) is 29.9 Å². The molecule has 0 spiro atoms. The number of aromatic nitrogens is 1. The maximum atomic E-state index is 4.49. The van der Waals surface area contributed by atoms with Gasteiger partial charge in [-0.25, -0.2) is 4.98 Å². The second-order valence-electron chi connectivity index (χ2n) is 4.05. The second-order valence-corrected chi connectivity index (χ2v) is 6.03. The van der Waals surface area contributed by atoms with E-state index in [9.17, 15) is 0 Å². The van der Waals surface area contributed by atoms with Gasteiger partial charge < -0.3 is 0 Å². The number of aryl methyl sites for hydroxylation is 1. The number of hydrogen-bond donors (Lipinski definition) is 1. The smallest absolute Gasteiger partial charge is 0.120 e. The molecular formula is C9H14N2S2. The van der Waals surface area contributed by atoms with Gasteiger partial charge in [-0.1, -0.05) is 0 Å². The number of thiazole rings is 1. The lowest BCUT2D eigenvalue weighted by atomic mass is 10.1. The van der Waals surface area contributed by atoms with Crippen LogP contribution in [0.5, 0.6) is 0 Å². The average Bonchev–Trinajstić information content (AvgIpc) is 2.56. The molecule has 1 N–H and O–H groups in total. The van der Waals surface area contributed by atoms with Gasteiger partial charge in [-0.15, -0.1) is 23.1 Å². The molecule has 13 heavy (non-hydrogen) atoms. The molecule has 1 atom stereocenters. The molecule has 4 heteroatoms. The van der Waals surface area contributed by atoms with Crippen LogP contribution in [0, 0.1) is 6.92 Å². The van der Waals surface area contributed by atoms with Crippen molar-refractivity contribution in [2.75, 3.05) is 5.75 Å². The molecule has 1 aliphatic heterocycles. The Hall–Kier alpha value is -0.0600. The molecule has 1 fully saturated rings. The maximum absolute atomic E-state index is 4.49. The average molecular weight is 214 g/mol. The minimum atomic E-state index is 0.259. The topological polar surface area (TPSA) is 24.9 Å². The summed E-state index contributed by atoms with van der Waals surface area (Å²) in [6.45, 7) is 6.52. The van der Waals surface area contributed by atoms with Crippen molar-refractivity contribution >= 4 is 23.1 Å². The van der Waals surface area contributed by atoms with Gasteiger partial charge in [0.05, 0.1) is 0 Å². The van der Waals surface area contributed by atoms with Crippen molar-refractivity contribution in [2.45, 2.75) is 31.7 Å². The molecular weight excluding hydrogens is 200 g/mol. The Labute approximate surface area is 87.1 Å². The summed E-state index contributed by atoms with van der Waals surface area (Å²) in [4.78, 5) is 4.49. The quantitative estimate of drug-likeness (QED) is 0.777. The monoisotopic (exact) mass is 214 g/mol. The summed E-state index contributed by atoms with van der Waals surface area (Å²) in [6.07, 6.45) is 0. The maximum Gasteiger partial charge on any atom is 0.120 e. The van der Waals surface area contributed by atoms with Crippen molar-refractivity contribution in [1.82, 2.24) is 10.3 Å². The Morgan fingerprint density at radius 1 is 1.62 bits per heavy atom. The first-order valence-corrected chi connectivity index (χ1v) is 6.31. The fourth-order valence-electron chi connectivity index (χ4n) is 1.36. The minimum Gasteiger partial charge on any atom is -0.294 e. The zero-order valence-corrected chi connectivity index (χ0v) is 9.76. The van der Waals surface area contributed by atoms with Crippen LogP contribution in [-0.2, 0) is 0 Å². The first kappa shape index (κ1) is 9.49. The van der Waals surface area contributed by atoms with Crippen molar-refractivity contribution in [1.29, 1.82) is 0 Å². The van der Waals surface area contributed by atoms with Gasteiger partial charge >= 0.3 is 0 Å². The Morgan fingerprint density at radius 3 is 2.85 bits per heavy atom. The van der Waals surface area contributed by atoms with Gasteiger partial charge in [0.2, 0.25) is 0 Å². The molecule has 2 nitrogen and oxygen atoms in total. The van der Waals surface area contributed by atoms with E-state index in [-0.39, 0.29) is 5.54 Å². The molecule has 0 aliphatic carbocycles. The predicted molar refractivity (Wildman–Crippen MR) is 59.3 cm³/mol. The van der Waals surface area contributed by atoms with Crippen LogP contribution >= 0.6 is 23.1 Å².